The number of rotatable bonds is 4. The second kappa shape index (κ2) is 4.26. The van der Waals surface area contributed by atoms with Crippen molar-refractivity contribution in [2.45, 2.75) is 18.3 Å². The van der Waals surface area contributed by atoms with Gasteiger partial charge in [0.15, 0.2) is 9.84 Å². The van der Waals surface area contributed by atoms with Crippen LogP contribution in [0.5, 0.6) is 0 Å². The second-order valence-corrected chi connectivity index (χ2v) is 5.89. The fraction of sp³-hybridized carbons (Fsp3) is 0.444. The monoisotopic (exact) mass is 248 g/mol. The Bertz CT molecular complexity index is 486. The van der Waals surface area contributed by atoms with Crippen LogP contribution < -0.4 is 0 Å². The summed E-state index contributed by atoms with van der Waals surface area (Å²) >= 11 is 0. The van der Waals surface area contributed by atoms with E-state index in [9.17, 15) is 18.3 Å². The number of aliphatic hydroxyl groups is 1. The van der Waals surface area contributed by atoms with Crippen LogP contribution in [0.25, 0.3) is 0 Å². The highest BCUT2D eigenvalue weighted by atomic mass is 32.2. The lowest BCUT2D eigenvalue weighted by atomic mass is 10.2. The van der Waals surface area contributed by atoms with Crippen LogP contribution in [0.1, 0.15) is 29.3 Å². The molecule has 1 aromatic rings. The van der Waals surface area contributed by atoms with Gasteiger partial charge in [-0.05, 0) is 19.1 Å². The van der Waals surface area contributed by atoms with Gasteiger partial charge in [-0.15, -0.1) is 0 Å². The molecule has 7 heteroatoms. The van der Waals surface area contributed by atoms with Gasteiger partial charge in [0.25, 0.3) is 0 Å². The molecule has 0 spiro atoms. The molecule has 16 heavy (non-hydrogen) atoms. The van der Waals surface area contributed by atoms with E-state index in [0.717, 1.165) is 12.3 Å². The summed E-state index contributed by atoms with van der Waals surface area (Å²) in [5.74, 6) is -1.68. The fourth-order valence-electron chi connectivity index (χ4n) is 1.09. The topological polar surface area (TPSA) is 105 Å². The summed E-state index contributed by atoms with van der Waals surface area (Å²) in [6.45, 7) is 1.32. The van der Waals surface area contributed by atoms with E-state index in [1.165, 1.54) is 13.0 Å². The number of carboxylic acid groups (broad SMARTS) is 1. The molecule has 1 heterocycles. The van der Waals surface area contributed by atoms with Crippen molar-refractivity contribution in [2.75, 3.05) is 6.26 Å². The van der Waals surface area contributed by atoms with Gasteiger partial charge in [-0.2, -0.15) is 0 Å². The van der Waals surface area contributed by atoms with Crippen molar-refractivity contribution in [3.8, 4) is 0 Å². The van der Waals surface area contributed by atoms with Crippen molar-refractivity contribution in [3.63, 3.8) is 0 Å². The van der Waals surface area contributed by atoms with Crippen molar-refractivity contribution >= 4 is 15.8 Å². The van der Waals surface area contributed by atoms with Gasteiger partial charge >= 0.3 is 5.97 Å². The highest BCUT2D eigenvalue weighted by Gasteiger charge is 2.28. The third-order valence-corrected chi connectivity index (χ3v) is 3.86. The molecule has 0 bridgehead atoms. The number of hydrogen-bond donors (Lipinski definition) is 2. The van der Waals surface area contributed by atoms with Crippen molar-refractivity contribution in [1.82, 2.24) is 0 Å². The zero-order valence-corrected chi connectivity index (χ0v) is 9.56. The zero-order valence-electron chi connectivity index (χ0n) is 8.75. The molecule has 0 radical (unpaired) electrons. The second-order valence-electron chi connectivity index (χ2n) is 3.49. The highest BCUT2D eigenvalue weighted by Crippen LogP contribution is 2.23. The Morgan fingerprint density at radius 3 is 2.38 bits per heavy atom. The fourth-order valence-corrected chi connectivity index (χ4v) is 1.69. The maximum absolute atomic E-state index is 11.2. The number of sulfone groups is 1. The van der Waals surface area contributed by atoms with Gasteiger partial charge in [0, 0.05) is 6.26 Å². The number of aliphatic hydroxyl groups excluding tert-OH is 1. The largest absolute Gasteiger partial charge is 0.475 e. The van der Waals surface area contributed by atoms with Gasteiger partial charge in [-0.3, -0.25) is 0 Å². The molecule has 0 saturated carbocycles. The predicted molar refractivity (Wildman–Crippen MR) is 54.9 cm³/mol. The number of carboxylic acids is 1. The maximum atomic E-state index is 11.2. The minimum atomic E-state index is -3.42. The summed E-state index contributed by atoms with van der Waals surface area (Å²) < 4.78 is 27.1. The molecule has 0 aromatic carbocycles. The van der Waals surface area contributed by atoms with E-state index in [1.807, 2.05) is 0 Å². The first-order valence-electron chi connectivity index (χ1n) is 4.43. The normalized spacial score (nSPS) is 15.7. The molecule has 2 N–H and O–H groups in total. The Morgan fingerprint density at radius 2 is 2.00 bits per heavy atom. The maximum Gasteiger partial charge on any atom is 0.371 e. The molecule has 1 aromatic heterocycles. The molecule has 6 nitrogen and oxygen atoms in total. The third kappa shape index (κ3) is 2.61. The molecule has 0 amide bonds. The van der Waals surface area contributed by atoms with Crippen LogP contribution in [0.2, 0.25) is 0 Å². The van der Waals surface area contributed by atoms with E-state index < -0.39 is 27.2 Å². The summed E-state index contributed by atoms with van der Waals surface area (Å²) in [6.07, 6.45) is -0.384. The van der Waals surface area contributed by atoms with E-state index in [-0.39, 0.29) is 11.5 Å². The van der Waals surface area contributed by atoms with Gasteiger partial charge in [-0.1, -0.05) is 0 Å². The molecule has 0 aliphatic carbocycles. The van der Waals surface area contributed by atoms with Crippen LogP contribution in [0.15, 0.2) is 16.5 Å². The van der Waals surface area contributed by atoms with E-state index in [4.69, 9.17) is 9.52 Å². The first kappa shape index (κ1) is 12.7. The molecule has 2 unspecified atom stereocenters. The smallest absolute Gasteiger partial charge is 0.371 e. The first-order chi connectivity index (χ1) is 7.23. The summed E-state index contributed by atoms with van der Waals surface area (Å²) in [6, 6.07) is 2.41. The number of furan rings is 1. The number of aromatic carboxylic acids is 1. The summed E-state index contributed by atoms with van der Waals surface area (Å²) in [5.41, 5.74) is 0. The Labute approximate surface area is 92.4 Å². The molecule has 2 atom stereocenters. The van der Waals surface area contributed by atoms with Crippen LogP contribution >= 0.6 is 0 Å². The predicted octanol–water partition coefficient (Wildman–Crippen LogP) is 0.444. The zero-order chi connectivity index (χ0) is 12.5. The quantitative estimate of drug-likeness (QED) is 0.801. The summed E-state index contributed by atoms with van der Waals surface area (Å²) in [7, 11) is -3.42. The Kier molecular flexibility index (Phi) is 3.39. The average Bonchev–Trinajstić information content (AvgIpc) is 2.62. The van der Waals surface area contributed by atoms with E-state index in [2.05, 4.69) is 0 Å². The molecule has 0 saturated heterocycles. The van der Waals surface area contributed by atoms with Crippen LogP contribution in [-0.2, 0) is 9.84 Å². The number of carbonyl (C=O) groups is 1. The molecule has 90 valence electrons. The minimum absolute atomic E-state index is 0.0738. The van der Waals surface area contributed by atoms with Crippen LogP contribution in [-0.4, -0.2) is 36.1 Å². The standard InChI is InChI=1S/C9H12O6S/c1-5(16(2,13)14)8(10)6-3-4-7(15-6)9(11)12/h3-5,8,10H,1-2H3,(H,11,12). The minimum Gasteiger partial charge on any atom is -0.475 e. The van der Waals surface area contributed by atoms with Gasteiger partial charge in [0.05, 0.1) is 5.25 Å². The molecular formula is C9H12O6S. The lowest BCUT2D eigenvalue weighted by Crippen LogP contribution is -2.23. The van der Waals surface area contributed by atoms with Gasteiger partial charge in [0.1, 0.15) is 11.9 Å². The first-order valence-corrected chi connectivity index (χ1v) is 6.39. The molecule has 0 aliphatic rings. The van der Waals surface area contributed by atoms with E-state index >= 15 is 0 Å². The van der Waals surface area contributed by atoms with Crippen molar-refractivity contribution in [3.05, 3.63) is 23.7 Å². The summed E-state index contributed by atoms with van der Waals surface area (Å²) in [5, 5.41) is 17.2. The third-order valence-electron chi connectivity index (χ3n) is 2.25. The van der Waals surface area contributed by atoms with E-state index in [1.54, 1.807) is 0 Å². The van der Waals surface area contributed by atoms with E-state index in [0.29, 0.717) is 0 Å². The Morgan fingerprint density at radius 1 is 1.44 bits per heavy atom. The summed E-state index contributed by atoms with van der Waals surface area (Å²) in [4.78, 5) is 10.5. The van der Waals surface area contributed by atoms with Crippen molar-refractivity contribution < 1.29 is 27.8 Å². The van der Waals surface area contributed by atoms with Crippen molar-refractivity contribution in [1.29, 1.82) is 0 Å². The molecule has 1 rings (SSSR count). The SMILES string of the molecule is CC(C(O)c1ccc(C(=O)O)o1)S(C)(=O)=O. The lowest BCUT2D eigenvalue weighted by molar-refractivity contribution is 0.0651. The van der Waals surface area contributed by atoms with Crippen LogP contribution in [0.4, 0.5) is 0 Å². The van der Waals surface area contributed by atoms with Crippen LogP contribution in [0, 0.1) is 0 Å². The Hall–Kier alpha value is -1.34. The molecular weight excluding hydrogens is 236 g/mol. The molecule has 0 aliphatic heterocycles. The Balaban J connectivity index is 2.97. The molecule has 0 fully saturated rings. The lowest BCUT2D eigenvalue weighted by Gasteiger charge is -2.14. The van der Waals surface area contributed by atoms with Gasteiger partial charge in [0.2, 0.25) is 5.76 Å². The van der Waals surface area contributed by atoms with Gasteiger partial charge < -0.3 is 14.6 Å². The van der Waals surface area contributed by atoms with Crippen molar-refractivity contribution in [2.24, 2.45) is 0 Å². The average molecular weight is 248 g/mol. The van der Waals surface area contributed by atoms with Crippen LogP contribution in [0.3, 0.4) is 0 Å². The highest BCUT2D eigenvalue weighted by molar-refractivity contribution is 7.91. The number of hydrogen-bond acceptors (Lipinski definition) is 5. The van der Waals surface area contributed by atoms with Gasteiger partial charge in [-0.25, -0.2) is 13.2 Å².